The van der Waals surface area contributed by atoms with Crippen LogP contribution in [0, 0.1) is 6.92 Å². The van der Waals surface area contributed by atoms with Crippen molar-refractivity contribution in [3.8, 4) is 5.75 Å². The van der Waals surface area contributed by atoms with Gasteiger partial charge in [0.25, 0.3) is 0 Å². The summed E-state index contributed by atoms with van der Waals surface area (Å²) in [5, 5.41) is 12.4. The predicted octanol–water partition coefficient (Wildman–Crippen LogP) is 5.50. The quantitative estimate of drug-likeness (QED) is 0.306. The number of anilines is 1. The number of hydrogen-bond donors (Lipinski definition) is 1. The molecule has 1 heterocycles. The minimum Gasteiger partial charge on any atom is -0.486 e. The maximum Gasteiger partial charge on any atom is 0.234 e. The molecule has 3 rings (SSSR count). The molecule has 1 amide bonds. The number of ether oxygens (including phenoxy) is 1. The van der Waals surface area contributed by atoms with Crippen molar-refractivity contribution in [1.29, 1.82) is 0 Å². The van der Waals surface area contributed by atoms with Crippen LogP contribution >= 0.6 is 39.3 Å². The van der Waals surface area contributed by atoms with Gasteiger partial charge in [0.15, 0.2) is 11.0 Å². The van der Waals surface area contributed by atoms with Crippen molar-refractivity contribution in [1.82, 2.24) is 14.8 Å². The molecule has 156 valence electrons. The summed E-state index contributed by atoms with van der Waals surface area (Å²) in [4.78, 5) is 12.3. The van der Waals surface area contributed by atoms with E-state index < -0.39 is 0 Å². The van der Waals surface area contributed by atoms with Crippen LogP contribution in [-0.4, -0.2) is 26.4 Å². The maximum absolute atomic E-state index is 12.3. The number of benzene rings is 2. The first-order valence-corrected chi connectivity index (χ1v) is 11.2. The van der Waals surface area contributed by atoms with E-state index in [0.717, 1.165) is 10.2 Å². The Morgan fingerprint density at radius 1 is 1.30 bits per heavy atom. The van der Waals surface area contributed by atoms with Crippen molar-refractivity contribution in [2.45, 2.75) is 25.2 Å². The number of rotatable bonds is 9. The van der Waals surface area contributed by atoms with Crippen LogP contribution in [0.5, 0.6) is 5.75 Å². The number of nitrogens with zero attached hydrogens (tertiary/aromatic N) is 3. The summed E-state index contributed by atoms with van der Waals surface area (Å²) in [6, 6.07) is 13.1. The van der Waals surface area contributed by atoms with Gasteiger partial charge in [0.05, 0.1) is 10.8 Å². The second kappa shape index (κ2) is 10.7. The Hall–Kier alpha value is -2.29. The fourth-order valence-electron chi connectivity index (χ4n) is 2.53. The predicted molar refractivity (Wildman–Crippen MR) is 124 cm³/mol. The highest BCUT2D eigenvalue weighted by Gasteiger charge is 2.14. The summed E-state index contributed by atoms with van der Waals surface area (Å²) in [5.41, 5.74) is 1.80. The van der Waals surface area contributed by atoms with Gasteiger partial charge in [-0.05, 0) is 53.2 Å². The van der Waals surface area contributed by atoms with E-state index in [0.29, 0.717) is 28.2 Å². The molecule has 0 spiro atoms. The highest BCUT2D eigenvalue weighted by atomic mass is 79.9. The molecule has 30 heavy (non-hydrogen) atoms. The van der Waals surface area contributed by atoms with Crippen LogP contribution in [0.3, 0.4) is 0 Å². The zero-order valence-corrected chi connectivity index (χ0v) is 19.4. The van der Waals surface area contributed by atoms with Gasteiger partial charge in [-0.1, -0.05) is 47.1 Å². The average molecular weight is 508 g/mol. The van der Waals surface area contributed by atoms with Crippen LogP contribution in [0.25, 0.3) is 0 Å². The van der Waals surface area contributed by atoms with Crippen molar-refractivity contribution >= 4 is 50.9 Å². The molecule has 9 heteroatoms. The summed E-state index contributed by atoms with van der Waals surface area (Å²) < 4.78 is 8.47. The van der Waals surface area contributed by atoms with Crippen LogP contribution in [0.15, 0.2) is 64.7 Å². The number of carbonyl (C=O) groups is 1. The molecule has 0 bridgehead atoms. The van der Waals surface area contributed by atoms with Gasteiger partial charge in [0, 0.05) is 16.7 Å². The van der Waals surface area contributed by atoms with E-state index in [9.17, 15) is 4.79 Å². The number of amides is 1. The third-order valence-corrected chi connectivity index (χ3v) is 6.23. The van der Waals surface area contributed by atoms with Gasteiger partial charge >= 0.3 is 0 Å². The number of aromatic nitrogens is 3. The third kappa shape index (κ3) is 6.10. The average Bonchev–Trinajstić information content (AvgIpc) is 3.11. The number of thioether (sulfide) groups is 1. The Morgan fingerprint density at radius 3 is 2.77 bits per heavy atom. The number of halogens is 2. The van der Waals surface area contributed by atoms with Gasteiger partial charge in [-0.3, -0.25) is 9.36 Å². The van der Waals surface area contributed by atoms with Crippen molar-refractivity contribution in [3.05, 3.63) is 76.0 Å². The van der Waals surface area contributed by atoms with Crippen LogP contribution in [0.1, 0.15) is 11.4 Å². The van der Waals surface area contributed by atoms with E-state index in [1.54, 1.807) is 24.3 Å². The molecule has 0 aliphatic heterocycles. The molecule has 3 aromatic rings. The highest BCUT2D eigenvalue weighted by molar-refractivity contribution is 9.10. The lowest BCUT2D eigenvalue weighted by Gasteiger charge is -2.10. The summed E-state index contributed by atoms with van der Waals surface area (Å²) in [6.07, 6.45) is 1.76. The second-order valence-corrected chi connectivity index (χ2v) is 8.57. The second-order valence-electron chi connectivity index (χ2n) is 6.37. The lowest BCUT2D eigenvalue weighted by molar-refractivity contribution is -0.113. The van der Waals surface area contributed by atoms with E-state index >= 15 is 0 Å². The summed E-state index contributed by atoms with van der Waals surface area (Å²) in [6.45, 7) is 6.60. The fourth-order valence-corrected chi connectivity index (χ4v) is 3.72. The first-order chi connectivity index (χ1) is 14.5. The number of allylic oxidation sites excluding steroid dienone is 1. The smallest absolute Gasteiger partial charge is 0.234 e. The monoisotopic (exact) mass is 506 g/mol. The van der Waals surface area contributed by atoms with Gasteiger partial charge in [-0.25, -0.2) is 0 Å². The molecular weight excluding hydrogens is 488 g/mol. The van der Waals surface area contributed by atoms with Crippen LogP contribution in [-0.2, 0) is 17.9 Å². The lowest BCUT2D eigenvalue weighted by Crippen LogP contribution is -2.15. The summed E-state index contributed by atoms with van der Waals surface area (Å²) in [7, 11) is 0. The van der Waals surface area contributed by atoms with E-state index in [2.05, 4.69) is 38.0 Å². The van der Waals surface area contributed by atoms with E-state index in [1.165, 1.54) is 17.3 Å². The van der Waals surface area contributed by atoms with Gasteiger partial charge in [-0.15, -0.1) is 16.8 Å². The van der Waals surface area contributed by atoms with Crippen LogP contribution in [0.2, 0.25) is 5.02 Å². The Kier molecular flexibility index (Phi) is 7.95. The first-order valence-electron chi connectivity index (χ1n) is 9.06. The normalized spacial score (nSPS) is 10.6. The minimum absolute atomic E-state index is 0.163. The molecule has 0 aliphatic rings. The van der Waals surface area contributed by atoms with E-state index in [4.69, 9.17) is 16.3 Å². The zero-order chi connectivity index (χ0) is 21.5. The van der Waals surface area contributed by atoms with Crippen molar-refractivity contribution in [2.75, 3.05) is 11.1 Å². The summed E-state index contributed by atoms with van der Waals surface area (Å²) >= 11 is 10.7. The largest absolute Gasteiger partial charge is 0.486 e. The van der Waals surface area contributed by atoms with Gasteiger partial charge in [0.2, 0.25) is 5.91 Å². The lowest BCUT2D eigenvalue weighted by atomic mass is 10.2. The van der Waals surface area contributed by atoms with Crippen LogP contribution in [0.4, 0.5) is 5.69 Å². The molecule has 1 aromatic heterocycles. The van der Waals surface area contributed by atoms with E-state index in [-0.39, 0.29) is 18.3 Å². The molecule has 2 aromatic carbocycles. The number of aryl methyl sites for hydroxylation is 1. The Labute approximate surface area is 192 Å². The third-order valence-electron chi connectivity index (χ3n) is 4.03. The Morgan fingerprint density at radius 2 is 2.07 bits per heavy atom. The molecule has 0 unspecified atom stereocenters. The minimum atomic E-state index is -0.163. The Bertz CT molecular complexity index is 1040. The van der Waals surface area contributed by atoms with Gasteiger partial charge in [-0.2, -0.15) is 0 Å². The molecule has 0 radical (unpaired) electrons. The molecule has 6 nitrogen and oxygen atoms in total. The fraction of sp³-hybridized carbons (Fsp3) is 0.190. The molecule has 0 aliphatic carbocycles. The van der Waals surface area contributed by atoms with Gasteiger partial charge < -0.3 is 10.1 Å². The molecule has 1 N–H and O–H groups in total. The SMILES string of the molecule is C=CCn1c(COc2ccc(C)cc2)nnc1SCC(=O)Nc1ccc(Br)c(Cl)c1. The van der Waals surface area contributed by atoms with Crippen molar-refractivity contribution < 1.29 is 9.53 Å². The van der Waals surface area contributed by atoms with E-state index in [1.807, 2.05) is 35.8 Å². The van der Waals surface area contributed by atoms with Crippen molar-refractivity contribution in [3.63, 3.8) is 0 Å². The highest BCUT2D eigenvalue weighted by Crippen LogP contribution is 2.26. The zero-order valence-electron chi connectivity index (χ0n) is 16.3. The van der Waals surface area contributed by atoms with Crippen molar-refractivity contribution in [2.24, 2.45) is 0 Å². The topological polar surface area (TPSA) is 69.0 Å². The van der Waals surface area contributed by atoms with Crippen LogP contribution < -0.4 is 10.1 Å². The molecule has 0 saturated carbocycles. The maximum atomic E-state index is 12.3. The number of carbonyl (C=O) groups excluding carboxylic acids is 1. The summed E-state index contributed by atoms with van der Waals surface area (Å²) in [5.74, 6) is 1.44. The first kappa shape index (κ1) is 22.4. The van der Waals surface area contributed by atoms with Gasteiger partial charge in [0.1, 0.15) is 12.4 Å². The molecule has 0 atom stereocenters. The Balaban J connectivity index is 1.60. The molecular formula is C21H20BrClN4O2S. The standard InChI is InChI=1S/C21H20BrClN4O2S/c1-3-10-27-19(12-29-16-7-4-14(2)5-8-16)25-26-21(27)30-13-20(28)24-15-6-9-17(22)18(23)11-15/h3-9,11H,1,10,12-13H2,2H3,(H,24,28). The molecule has 0 saturated heterocycles. The number of hydrogen-bond acceptors (Lipinski definition) is 5. The number of nitrogens with one attached hydrogen (secondary N) is 1. The molecule has 0 fully saturated rings.